The number of ether oxygens (including phenoxy) is 1. The van der Waals surface area contributed by atoms with Gasteiger partial charge in [-0.05, 0) is 51.4 Å². The Morgan fingerprint density at radius 1 is 0.783 bits per heavy atom. The Labute approximate surface area is 134 Å². The lowest BCUT2D eigenvalue weighted by Crippen LogP contribution is -2.04. The maximum atomic E-state index is 12.0. The van der Waals surface area contributed by atoms with E-state index in [4.69, 9.17) is 4.74 Å². The van der Waals surface area contributed by atoms with E-state index < -0.39 is 0 Å². The molecule has 4 rings (SSSR count). The Bertz CT molecular complexity index is 1050. The number of carbonyl (C=O) groups is 1. The van der Waals surface area contributed by atoms with Crippen molar-refractivity contribution in [1.29, 1.82) is 0 Å². The molecule has 4 aromatic carbocycles. The molecule has 0 fully saturated rings. The van der Waals surface area contributed by atoms with Gasteiger partial charge in [-0.3, -0.25) is 0 Å². The summed E-state index contributed by atoms with van der Waals surface area (Å²) in [6.45, 7) is 2.21. The Kier molecular flexibility index (Phi) is 3.23. The highest BCUT2D eigenvalue weighted by Gasteiger charge is 2.09. The van der Waals surface area contributed by atoms with Crippen LogP contribution in [0.5, 0.6) is 0 Å². The highest BCUT2D eigenvalue weighted by molar-refractivity contribution is 6.17. The number of hydrogen-bond acceptors (Lipinski definition) is 2. The minimum Gasteiger partial charge on any atom is -0.462 e. The van der Waals surface area contributed by atoms with Crippen LogP contribution in [0.1, 0.15) is 17.3 Å². The molecule has 4 aromatic rings. The number of rotatable bonds is 2. The minimum absolute atomic E-state index is 0.271. The molecule has 0 aromatic heterocycles. The Balaban J connectivity index is 2.04. The molecule has 112 valence electrons. The quantitative estimate of drug-likeness (QED) is 0.370. The van der Waals surface area contributed by atoms with E-state index in [1.165, 1.54) is 16.2 Å². The molecule has 2 heteroatoms. The number of fused-ring (bicyclic) bond motifs is 5. The first-order chi connectivity index (χ1) is 11.3. The fourth-order valence-electron chi connectivity index (χ4n) is 3.16. The number of esters is 1. The van der Waals surface area contributed by atoms with Crippen LogP contribution >= 0.6 is 0 Å². The SMILES string of the molecule is CCOC(=O)c1ccc2ccc3c4ccccc4ccc3c2c1. The molecule has 0 aliphatic heterocycles. The molecule has 0 aliphatic carbocycles. The number of hydrogen-bond donors (Lipinski definition) is 0. The second kappa shape index (κ2) is 5.40. The average Bonchev–Trinajstić information content (AvgIpc) is 2.61. The van der Waals surface area contributed by atoms with Gasteiger partial charge in [0.25, 0.3) is 0 Å². The summed E-state index contributed by atoms with van der Waals surface area (Å²) in [7, 11) is 0. The van der Waals surface area contributed by atoms with Crippen LogP contribution in [0.25, 0.3) is 32.3 Å². The first-order valence-corrected chi connectivity index (χ1v) is 7.79. The fourth-order valence-corrected chi connectivity index (χ4v) is 3.16. The Morgan fingerprint density at radius 2 is 1.43 bits per heavy atom. The average molecular weight is 300 g/mol. The van der Waals surface area contributed by atoms with Crippen LogP contribution in [0.15, 0.2) is 66.7 Å². The van der Waals surface area contributed by atoms with E-state index in [-0.39, 0.29) is 5.97 Å². The zero-order valence-electron chi connectivity index (χ0n) is 12.9. The highest BCUT2D eigenvalue weighted by Crippen LogP contribution is 2.31. The predicted octanol–water partition coefficient (Wildman–Crippen LogP) is 5.32. The van der Waals surface area contributed by atoms with Crippen molar-refractivity contribution < 1.29 is 9.53 Å². The molecule has 0 N–H and O–H groups in total. The van der Waals surface area contributed by atoms with Crippen molar-refractivity contribution >= 4 is 38.3 Å². The smallest absolute Gasteiger partial charge is 0.338 e. The summed E-state index contributed by atoms with van der Waals surface area (Å²) >= 11 is 0. The van der Waals surface area contributed by atoms with Crippen LogP contribution in [-0.4, -0.2) is 12.6 Å². The van der Waals surface area contributed by atoms with Gasteiger partial charge in [-0.2, -0.15) is 0 Å². The third-order valence-corrected chi connectivity index (χ3v) is 4.25. The van der Waals surface area contributed by atoms with Gasteiger partial charge < -0.3 is 4.74 Å². The third kappa shape index (κ3) is 2.23. The topological polar surface area (TPSA) is 26.3 Å². The molecule has 0 unspecified atom stereocenters. The van der Waals surface area contributed by atoms with Gasteiger partial charge >= 0.3 is 5.97 Å². The first-order valence-electron chi connectivity index (χ1n) is 7.79. The van der Waals surface area contributed by atoms with Gasteiger partial charge in [0, 0.05) is 0 Å². The van der Waals surface area contributed by atoms with Crippen molar-refractivity contribution in [1.82, 2.24) is 0 Å². The standard InChI is InChI=1S/C21H16O2/c1-2-23-21(22)16-8-7-15-10-11-18-17-6-4-3-5-14(17)9-12-19(18)20(15)13-16/h3-13H,2H2,1H3. The Morgan fingerprint density at radius 3 is 2.22 bits per heavy atom. The Hall–Kier alpha value is -2.87. The van der Waals surface area contributed by atoms with Gasteiger partial charge in [0.1, 0.15) is 0 Å². The van der Waals surface area contributed by atoms with Crippen LogP contribution in [0.4, 0.5) is 0 Å². The monoisotopic (exact) mass is 300 g/mol. The molecule has 0 radical (unpaired) electrons. The number of carbonyl (C=O) groups excluding carboxylic acids is 1. The van der Waals surface area contributed by atoms with E-state index in [0.29, 0.717) is 12.2 Å². The summed E-state index contributed by atoms with van der Waals surface area (Å²) in [5.41, 5.74) is 0.597. The lowest BCUT2D eigenvalue weighted by Gasteiger charge is -2.09. The van der Waals surface area contributed by atoms with Crippen molar-refractivity contribution in [3.8, 4) is 0 Å². The molecule has 0 atom stereocenters. The van der Waals surface area contributed by atoms with Crippen molar-refractivity contribution in [2.45, 2.75) is 6.92 Å². The summed E-state index contributed by atoms with van der Waals surface area (Å²) in [5.74, 6) is -0.271. The van der Waals surface area contributed by atoms with Crippen LogP contribution in [0.2, 0.25) is 0 Å². The van der Waals surface area contributed by atoms with E-state index in [9.17, 15) is 4.79 Å². The zero-order chi connectivity index (χ0) is 15.8. The van der Waals surface area contributed by atoms with E-state index in [1.54, 1.807) is 0 Å². The molecule has 2 nitrogen and oxygen atoms in total. The molecule has 0 bridgehead atoms. The predicted molar refractivity (Wildman–Crippen MR) is 94.9 cm³/mol. The maximum absolute atomic E-state index is 12.0. The maximum Gasteiger partial charge on any atom is 0.338 e. The van der Waals surface area contributed by atoms with Gasteiger partial charge in [0.05, 0.1) is 12.2 Å². The molecule has 0 amide bonds. The van der Waals surface area contributed by atoms with Crippen molar-refractivity contribution in [3.05, 3.63) is 72.3 Å². The first kappa shape index (κ1) is 13.8. The molecule has 23 heavy (non-hydrogen) atoms. The summed E-state index contributed by atoms with van der Waals surface area (Å²) < 4.78 is 5.12. The summed E-state index contributed by atoms with van der Waals surface area (Å²) in [5, 5.41) is 7.03. The molecule has 0 saturated heterocycles. The van der Waals surface area contributed by atoms with Crippen LogP contribution in [0.3, 0.4) is 0 Å². The molecule has 0 heterocycles. The minimum atomic E-state index is -0.271. The van der Waals surface area contributed by atoms with Crippen LogP contribution in [-0.2, 0) is 4.74 Å². The van der Waals surface area contributed by atoms with E-state index >= 15 is 0 Å². The second-order valence-corrected chi connectivity index (χ2v) is 5.60. The molecule has 0 saturated carbocycles. The summed E-state index contributed by atoms with van der Waals surface area (Å²) in [6, 6.07) is 22.6. The van der Waals surface area contributed by atoms with Gasteiger partial charge in [-0.1, -0.05) is 54.6 Å². The normalized spacial score (nSPS) is 11.2. The largest absolute Gasteiger partial charge is 0.462 e. The van der Waals surface area contributed by atoms with E-state index in [1.807, 2.05) is 31.2 Å². The molecular weight excluding hydrogens is 284 g/mol. The fraction of sp³-hybridized carbons (Fsp3) is 0.0952. The van der Waals surface area contributed by atoms with Crippen LogP contribution in [0, 0.1) is 0 Å². The summed E-state index contributed by atoms with van der Waals surface area (Å²) in [6.07, 6.45) is 0. The van der Waals surface area contributed by atoms with Gasteiger partial charge in [0.2, 0.25) is 0 Å². The molecule has 0 spiro atoms. The highest BCUT2D eigenvalue weighted by atomic mass is 16.5. The van der Waals surface area contributed by atoms with Gasteiger partial charge in [0.15, 0.2) is 0 Å². The second-order valence-electron chi connectivity index (χ2n) is 5.60. The number of benzene rings is 4. The summed E-state index contributed by atoms with van der Waals surface area (Å²) in [4.78, 5) is 12.0. The van der Waals surface area contributed by atoms with E-state index in [2.05, 4.69) is 42.5 Å². The van der Waals surface area contributed by atoms with Gasteiger partial charge in [-0.15, -0.1) is 0 Å². The molecule has 0 aliphatic rings. The molecular formula is C21H16O2. The van der Waals surface area contributed by atoms with Crippen molar-refractivity contribution in [3.63, 3.8) is 0 Å². The third-order valence-electron chi connectivity index (χ3n) is 4.25. The zero-order valence-corrected chi connectivity index (χ0v) is 12.9. The van der Waals surface area contributed by atoms with Crippen LogP contribution < -0.4 is 0 Å². The van der Waals surface area contributed by atoms with Crippen molar-refractivity contribution in [2.75, 3.05) is 6.61 Å². The van der Waals surface area contributed by atoms with E-state index in [0.717, 1.165) is 16.2 Å². The van der Waals surface area contributed by atoms with Crippen molar-refractivity contribution in [2.24, 2.45) is 0 Å². The van der Waals surface area contributed by atoms with Gasteiger partial charge in [-0.25, -0.2) is 4.79 Å². The lowest BCUT2D eigenvalue weighted by atomic mass is 9.96. The lowest BCUT2D eigenvalue weighted by molar-refractivity contribution is 0.0526.